The summed E-state index contributed by atoms with van der Waals surface area (Å²) in [4.78, 5) is 27.3. The van der Waals surface area contributed by atoms with Crippen LogP contribution in [0.4, 0.5) is 11.4 Å². The van der Waals surface area contributed by atoms with Crippen molar-refractivity contribution in [1.29, 1.82) is 0 Å². The second-order valence-electron chi connectivity index (χ2n) is 11.6. The summed E-state index contributed by atoms with van der Waals surface area (Å²) >= 11 is 13.0. The average molecular weight is 614 g/mol. The second kappa shape index (κ2) is 9.36. The summed E-state index contributed by atoms with van der Waals surface area (Å²) in [6.07, 6.45) is 5.19. The van der Waals surface area contributed by atoms with E-state index in [0.717, 1.165) is 53.8 Å². The molecule has 2 saturated carbocycles. The molecule has 43 heavy (non-hydrogen) atoms. The van der Waals surface area contributed by atoms with Gasteiger partial charge in [0.25, 0.3) is 0 Å². The average Bonchev–Trinajstić information content (AvgIpc) is 3.91. The van der Waals surface area contributed by atoms with Gasteiger partial charge in [-0.3, -0.25) is 9.69 Å². The van der Waals surface area contributed by atoms with Gasteiger partial charge >= 0.3 is 5.97 Å². The summed E-state index contributed by atoms with van der Waals surface area (Å²) in [7, 11) is 1.81. The molecule has 1 aliphatic heterocycles. The lowest BCUT2D eigenvalue weighted by molar-refractivity contribution is -0.119. The first-order valence-electron chi connectivity index (χ1n) is 14.1. The van der Waals surface area contributed by atoms with Crippen molar-refractivity contribution >= 4 is 57.4 Å². The zero-order valence-corrected chi connectivity index (χ0v) is 24.6. The minimum atomic E-state index is -0.983. The van der Waals surface area contributed by atoms with Gasteiger partial charge < -0.3 is 18.9 Å². The lowest BCUT2D eigenvalue weighted by Gasteiger charge is -2.19. The summed E-state index contributed by atoms with van der Waals surface area (Å²) < 4.78 is 13.9. The fraction of sp³-hybridized carbons (Fsp3) is 0.242. The van der Waals surface area contributed by atoms with Crippen molar-refractivity contribution in [3.8, 4) is 17.0 Å². The van der Waals surface area contributed by atoms with Crippen LogP contribution in [0.5, 0.6) is 5.75 Å². The van der Waals surface area contributed by atoms with Crippen LogP contribution in [-0.2, 0) is 23.9 Å². The van der Waals surface area contributed by atoms with Crippen LogP contribution in [-0.4, -0.2) is 26.7 Å². The van der Waals surface area contributed by atoms with E-state index in [0.29, 0.717) is 44.0 Å². The van der Waals surface area contributed by atoms with Crippen molar-refractivity contribution in [1.82, 2.24) is 9.72 Å². The molecule has 10 heteroatoms. The van der Waals surface area contributed by atoms with E-state index in [2.05, 4.69) is 5.16 Å². The lowest BCUT2D eigenvalue weighted by atomic mass is 9.98. The highest BCUT2D eigenvalue weighted by atomic mass is 35.5. The van der Waals surface area contributed by atoms with Crippen LogP contribution in [0, 0.1) is 0 Å². The van der Waals surface area contributed by atoms with Gasteiger partial charge in [0.15, 0.2) is 0 Å². The van der Waals surface area contributed by atoms with Crippen LogP contribution in [0.3, 0.4) is 0 Å². The molecule has 0 atom stereocenters. The molecule has 3 aromatic carbocycles. The number of ether oxygens (including phenoxy) is 1. The van der Waals surface area contributed by atoms with Gasteiger partial charge in [0, 0.05) is 30.1 Å². The zero-order valence-electron chi connectivity index (χ0n) is 23.1. The van der Waals surface area contributed by atoms with Crippen molar-refractivity contribution in [2.75, 3.05) is 4.90 Å². The molecule has 2 aromatic heterocycles. The fourth-order valence-corrected chi connectivity index (χ4v) is 6.95. The number of fused-ring (bicyclic) bond motifs is 3. The molecule has 3 heterocycles. The second-order valence-corrected chi connectivity index (χ2v) is 12.4. The molecule has 2 aliphatic carbocycles. The van der Waals surface area contributed by atoms with Crippen LogP contribution in [0.2, 0.25) is 10.0 Å². The highest BCUT2D eigenvalue weighted by Crippen LogP contribution is 2.59. The molecular weight excluding hydrogens is 589 g/mol. The van der Waals surface area contributed by atoms with Crippen LogP contribution in [0.1, 0.15) is 58.8 Å². The number of carboxylic acid groups (broad SMARTS) is 1. The molecule has 216 valence electrons. The van der Waals surface area contributed by atoms with Gasteiger partial charge in [0.1, 0.15) is 23.8 Å². The number of aromatic carboxylic acids is 1. The minimum absolute atomic E-state index is 0.0253. The van der Waals surface area contributed by atoms with Crippen molar-refractivity contribution in [2.45, 2.75) is 43.6 Å². The van der Waals surface area contributed by atoms with Crippen LogP contribution >= 0.6 is 23.2 Å². The first-order chi connectivity index (χ1) is 20.8. The summed E-state index contributed by atoms with van der Waals surface area (Å²) in [5.74, 6) is 0.785. The van der Waals surface area contributed by atoms with E-state index < -0.39 is 11.4 Å². The van der Waals surface area contributed by atoms with E-state index in [1.807, 2.05) is 30.3 Å². The van der Waals surface area contributed by atoms with E-state index in [-0.39, 0.29) is 18.1 Å². The molecule has 0 unspecified atom stereocenters. The Balaban J connectivity index is 1.13. The summed E-state index contributed by atoms with van der Waals surface area (Å²) in [6, 6.07) is 16.6. The third-order valence-corrected chi connectivity index (χ3v) is 9.53. The largest absolute Gasteiger partial charge is 0.489 e. The highest BCUT2D eigenvalue weighted by molar-refractivity contribution is 6.39. The van der Waals surface area contributed by atoms with Gasteiger partial charge in [-0.2, -0.15) is 0 Å². The quantitative estimate of drug-likeness (QED) is 0.200. The van der Waals surface area contributed by atoms with Gasteiger partial charge in [0.2, 0.25) is 5.91 Å². The predicted molar refractivity (Wildman–Crippen MR) is 163 cm³/mol. The maximum absolute atomic E-state index is 13.9. The smallest absolute Gasteiger partial charge is 0.337 e. The summed E-state index contributed by atoms with van der Waals surface area (Å²) in [6.45, 7) is 0.214. The molecule has 5 aromatic rings. The first kappa shape index (κ1) is 26.4. The molecule has 8 rings (SSSR count). The molecule has 1 N–H and O–H groups in total. The summed E-state index contributed by atoms with van der Waals surface area (Å²) in [5.41, 5.74) is 4.90. The van der Waals surface area contributed by atoms with Gasteiger partial charge in [-0.05, 0) is 79.8 Å². The van der Waals surface area contributed by atoms with Gasteiger partial charge in [-0.25, -0.2) is 4.79 Å². The minimum Gasteiger partial charge on any atom is -0.489 e. The Hall–Kier alpha value is -4.27. The van der Waals surface area contributed by atoms with E-state index in [1.54, 1.807) is 47.0 Å². The number of benzene rings is 3. The number of halogens is 2. The third-order valence-electron chi connectivity index (χ3n) is 8.90. The number of hydrogen-bond donors (Lipinski definition) is 1. The number of carboxylic acids is 1. The Labute approximate surface area is 256 Å². The molecule has 1 spiro atoms. The normalized spacial score (nSPS) is 16.7. The Morgan fingerprint density at radius 1 is 1.12 bits per heavy atom. The topological polar surface area (TPSA) is 97.8 Å². The number of aryl methyl sites for hydroxylation is 1. The van der Waals surface area contributed by atoms with E-state index in [9.17, 15) is 14.7 Å². The number of nitrogens with zero attached hydrogens (tertiary/aromatic N) is 3. The maximum atomic E-state index is 13.9. The molecular formula is C33H25Cl2N3O5. The van der Waals surface area contributed by atoms with E-state index in [4.69, 9.17) is 32.5 Å². The van der Waals surface area contributed by atoms with E-state index >= 15 is 0 Å². The zero-order chi connectivity index (χ0) is 29.6. The summed E-state index contributed by atoms with van der Waals surface area (Å²) in [5, 5.41) is 15.6. The van der Waals surface area contributed by atoms with Crippen LogP contribution in [0.15, 0.2) is 65.3 Å². The maximum Gasteiger partial charge on any atom is 0.337 e. The Kier molecular flexibility index (Phi) is 5.74. The van der Waals surface area contributed by atoms with Crippen molar-refractivity contribution < 1.29 is 24.0 Å². The Morgan fingerprint density at radius 3 is 2.58 bits per heavy atom. The first-order valence-corrected chi connectivity index (χ1v) is 14.9. The molecule has 2 fully saturated rings. The SMILES string of the molecule is Cn1cc(C(=O)O)c2ccc(N3C(=O)C4(CC4)c4cc(OCc5c(-c6c(Cl)cccc6Cl)noc5C5CC5)ccc43)cc21. The van der Waals surface area contributed by atoms with Crippen LogP contribution in [0.25, 0.3) is 22.2 Å². The monoisotopic (exact) mass is 613 g/mol. The van der Waals surface area contributed by atoms with Crippen molar-refractivity contribution in [2.24, 2.45) is 7.05 Å². The van der Waals surface area contributed by atoms with Gasteiger partial charge in [0.05, 0.1) is 43.5 Å². The fourth-order valence-electron chi connectivity index (χ4n) is 6.37. The van der Waals surface area contributed by atoms with Gasteiger partial charge in [-0.15, -0.1) is 0 Å². The number of carbonyl (C=O) groups excluding carboxylic acids is 1. The van der Waals surface area contributed by atoms with Crippen molar-refractivity contribution in [3.05, 3.63) is 93.3 Å². The number of amides is 1. The molecule has 0 radical (unpaired) electrons. The Bertz CT molecular complexity index is 1980. The van der Waals surface area contributed by atoms with Crippen LogP contribution < -0.4 is 9.64 Å². The van der Waals surface area contributed by atoms with E-state index in [1.165, 1.54) is 0 Å². The number of rotatable bonds is 7. The predicted octanol–water partition coefficient (Wildman–Crippen LogP) is 8.00. The van der Waals surface area contributed by atoms with Gasteiger partial charge in [-0.1, -0.05) is 34.4 Å². The van der Waals surface area contributed by atoms with Crippen molar-refractivity contribution in [3.63, 3.8) is 0 Å². The standard InChI is InChI=1S/C33H25Cl2N3O5/c1-37-15-21(31(39)40)20-9-7-18(13-27(20)37)38-26-10-8-19(14-23(26)33(11-12-33)32(38)41)42-16-22-29(36-43-30(22)17-5-6-17)28-24(34)3-2-4-25(28)35/h2-4,7-10,13-15,17H,5-6,11-12,16H2,1H3,(H,39,40). The highest BCUT2D eigenvalue weighted by Gasteiger charge is 2.59. The lowest BCUT2D eigenvalue weighted by Crippen LogP contribution is -2.27. The molecule has 1 amide bonds. The molecule has 0 saturated heterocycles. The number of anilines is 2. The molecule has 0 bridgehead atoms. The number of carbonyl (C=O) groups is 2. The number of hydrogen-bond acceptors (Lipinski definition) is 5. The molecule has 8 nitrogen and oxygen atoms in total. The molecule has 3 aliphatic rings. The Morgan fingerprint density at radius 2 is 1.88 bits per heavy atom. The number of aromatic nitrogens is 2. The third kappa shape index (κ3) is 4.00.